The SMILES string of the molecule is O=C(/C=C/C(=O)NCC(c1ccccc1)c1ccccc1)NCCCCCCCCCCCOC(=O)CNC(=O)CNC(=O)c1c2ccccc2cc2ccccc12. The van der Waals surface area contributed by atoms with E-state index >= 15 is 0 Å². The molecule has 0 bridgehead atoms. The highest BCUT2D eigenvalue weighted by Gasteiger charge is 2.17. The standard InChI is InChI=1S/C48H54N4O6/c53-43(28-29-44(54)50-33-42(36-20-10-8-11-21-36)37-22-12-9-13-23-37)49-30-18-6-4-2-1-3-5-7-19-31-58-46(56)35-51-45(55)34-52-48(57)47-40-26-16-14-24-38(40)32-39-25-15-17-27-41(39)47/h8-17,20-29,32,42H,1-7,18-19,30-31,33-35H2,(H,49,53)(H,50,54)(H,51,55)(H,52,57)/b29-28+. The lowest BCUT2D eigenvalue weighted by Crippen LogP contribution is -2.39. The molecule has 0 saturated carbocycles. The molecule has 0 aliphatic carbocycles. The zero-order valence-electron chi connectivity index (χ0n) is 33.1. The van der Waals surface area contributed by atoms with E-state index in [0.29, 0.717) is 25.3 Å². The van der Waals surface area contributed by atoms with Crippen molar-refractivity contribution in [1.29, 1.82) is 0 Å². The second-order valence-electron chi connectivity index (χ2n) is 14.3. The average molecular weight is 783 g/mol. The van der Waals surface area contributed by atoms with Gasteiger partial charge in [-0.2, -0.15) is 0 Å². The van der Waals surface area contributed by atoms with E-state index < -0.39 is 11.9 Å². The number of benzene rings is 5. The van der Waals surface area contributed by atoms with Gasteiger partial charge in [0.15, 0.2) is 0 Å². The summed E-state index contributed by atoms with van der Waals surface area (Å²) in [6.45, 7) is 0.779. The topological polar surface area (TPSA) is 143 Å². The molecule has 5 rings (SSSR count). The molecule has 5 aromatic carbocycles. The minimum atomic E-state index is -0.510. The van der Waals surface area contributed by atoms with Crippen molar-refractivity contribution in [3.05, 3.63) is 144 Å². The summed E-state index contributed by atoms with van der Waals surface area (Å²) in [5.74, 6) is -1.90. The van der Waals surface area contributed by atoms with E-state index in [9.17, 15) is 24.0 Å². The molecule has 10 nitrogen and oxygen atoms in total. The molecule has 0 spiro atoms. The Balaban J connectivity index is 0.831. The van der Waals surface area contributed by atoms with Gasteiger partial charge in [0.05, 0.1) is 18.7 Å². The van der Waals surface area contributed by atoms with Gasteiger partial charge in [-0.1, -0.05) is 154 Å². The summed E-state index contributed by atoms with van der Waals surface area (Å²) < 4.78 is 5.26. The number of rotatable bonds is 23. The summed E-state index contributed by atoms with van der Waals surface area (Å²) in [6.07, 6.45) is 11.7. The Bertz CT molecular complexity index is 2040. The molecule has 0 aromatic heterocycles. The first-order valence-corrected chi connectivity index (χ1v) is 20.3. The molecule has 0 fully saturated rings. The fraction of sp³-hybridized carbons (Fsp3) is 0.312. The summed E-state index contributed by atoms with van der Waals surface area (Å²) >= 11 is 0. The van der Waals surface area contributed by atoms with Crippen molar-refractivity contribution in [3.63, 3.8) is 0 Å². The molecule has 10 heteroatoms. The van der Waals surface area contributed by atoms with Gasteiger partial charge in [-0.15, -0.1) is 0 Å². The number of carbonyl (C=O) groups excluding carboxylic acids is 5. The van der Waals surface area contributed by atoms with Gasteiger partial charge in [-0.05, 0) is 51.6 Å². The van der Waals surface area contributed by atoms with Crippen LogP contribution in [0.1, 0.15) is 85.2 Å². The van der Waals surface area contributed by atoms with Gasteiger partial charge in [0.25, 0.3) is 5.91 Å². The number of ether oxygens (including phenoxy) is 1. The Hall–Kier alpha value is -6.29. The molecule has 0 unspecified atom stereocenters. The number of unbranched alkanes of at least 4 members (excludes halogenated alkanes) is 8. The van der Waals surface area contributed by atoms with Gasteiger partial charge in [0, 0.05) is 31.2 Å². The molecular weight excluding hydrogens is 729 g/mol. The normalized spacial score (nSPS) is 11.1. The molecule has 0 radical (unpaired) electrons. The highest BCUT2D eigenvalue weighted by atomic mass is 16.5. The Labute approximate surface area is 340 Å². The fourth-order valence-electron chi connectivity index (χ4n) is 6.92. The van der Waals surface area contributed by atoms with Crippen molar-refractivity contribution >= 4 is 51.1 Å². The van der Waals surface area contributed by atoms with E-state index in [-0.39, 0.29) is 36.7 Å². The third-order valence-corrected chi connectivity index (χ3v) is 9.99. The van der Waals surface area contributed by atoms with Gasteiger partial charge in [0.2, 0.25) is 17.7 Å². The van der Waals surface area contributed by atoms with E-state index in [1.807, 2.05) is 115 Å². The largest absolute Gasteiger partial charge is 0.464 e. The molecule has 4 amide bonds. The van der Waals surface area contributed by atoms with E-state index in [4.69, 9.17) is 4.74 Å². The van der Waals surface area contributed by atoms with Crippen LogP contribution in [-0.4, -0.2) is 62.4 Å². The van der Waals surface area contributed by atoms with Crippen molar-refractivity contribution in [2.45, 2.75) is 63.7 Å². The molecule has 0 saturated heterocycles. The Kier molecular flexibility index (Phi) is 17.5. The number of hydrogen-bond acceptors (Lipinski definition) is 6. The van der Waals surface area contributed by atoms with Crippen LogP contribution in [0.4, 0.5) is 0 Å². The van der Waals surface area contributed by atoms with Crippen LogP contribution in [0.3, 0.4) is 0 Å². The predicted octanol–water partition coefficient (Wildman–Crippen LogP) is 7.51. The van der Waals surface area contributed by atoms with E-state index in [1.54, 1.807) is 0 Å². The number of hydrogen-bond donors (Lipinski definition) is 4. The number of amides is 4. The lowest BCUT2D eigenvalue weighted by Gasteiger charge is -2.18. The second-order valence-corrected chi connectivity index (χ2v) is 14.3. The van der Waals surface area contributed by atoms with Gasteiger partial charge in [-0.3, -0.25) is 24.0 Å². The molecule has 0 aliphatic rings. The zero-order chi connectivity index (χ0) is 40.8. The Morgan fingerprint density at radius 1 is 0.517 bits per heavy atom. The fourth-order valence-corrected chi connectivity index (χ4v) is 6.92. The monoisotopic (exact) mass is 782 g/mol. The maximum Gasteiger partial charge on any atom is 0.325 e. The molecule has 0 heterocycles. The minimum absolute atomic E-state index is 0.0138. The maximum absolute atomic E-state index is 13.2. The summed E-state index contributed by atoms with van der Waals surface area (Å²) in [7, 11) is 0. The summed E-state index contributed by atoms with van der Waals surface area (Å²) in [5.41, 5.74) is 2.74. The first-order valence-electron chi connectivity index (χ1n) is 20.3. The summed E-state index contributed by atoms with van der Waals surface area (Å²) in [5, 5.41) is 14.5. The molecule has 0 atom stereocenters. The summed E-state index contributed by atoms with van der Waals surface area (Å²) in [4.78, 5) is 62.4. The van der Waals surface area contributed by atoms with Crippen LogP contribution in [0.2, 0.25) is 0 Å². The second kappa shape index (κ2) is 23.7. The highest BCUT2D eigenvalue weighted by molar-refractivity contribution is 6.18. The lowest BCUT2D eigenvalue weighted by atomic mass is 9.91. The van der Waals surface area contributed by atoms with Crippen LogP contribution < -0.4 is 21.3 Å². The number of carbonyl (C=O) groups is 5. The molecular formula is C48H54N4O6. The first-order chi connectivity index (χ1) is 28.4. The Morgan fingerprint density at radius 3 is 1.60 bits per heavy atom. The quantitative estimate of drug-likeness (QED) is 0.0234. The van der Waals surface area contributed by atoms with Crippen LogP contribution in [-0.2, 0) is 23.9 Å². The van der Waals surface area contributed by atoms with Gasteiger partial charge in [-0.25, -0.2) is 0 Å². The molecule has 58 heavy (non-hydrogen) atoms. The average Bonchev–Trinajstić information content (AvgIpc) is 3.25. The number of fused-ring (bicyclic) bond motifs is 2. The highest BCUT2D eigenvalue weighted by Crippen LogP contribution is 2.28. The zero-order valence-corrected chi connectivity index (χ0v) is 33.1. The van der Waals surface area contributed by atoms with Crippen molar-refractivity contribution in [3.8, 4) is 0 Å². The van der Waals surface area contributed by atoms with Crippen molar-refractivity contribution < 1.29 is 28.7 Å². The minimum Gasteiger partial charge on any atom is -0.464 e. The lowest BCUT2D eigenvalue weighted by molar-refractivity contribution is -0.144. The summed E-state index contributed by atoms with van der Waals surface area (Å²) in [6, 6.07) is 37.4. The molecule has 4 N–H and O–H groups in total. The molecule has 5 aromatic rings. The third kappa shape index (κ3) is 14.0. The molecule has 0 aliphatic heterocycles. The van der Waals surface area contributed by atoms with Gasteiger partial charge < -0.3 is 26.0 Å². The smallest absolute Gasteiger partial charge is 0.325 e. The third-order valence-electron chi connectivity index (χ3n) is 9.99. The van der Waals surface area contributed by atoms with Crippen molar-refractivity contribution in [1.82, 2.24) is 21.3 Å². The van der Waals surface area contributed by atoms with Crippen LogP contribution in [0.15, 0.2) is 127 Å². The number of nitrogens with one attached hydrogen (secondary N) is 4. The van der Waals surface area contributed by atoms with E-state index in [1.165, 1.54) is 12.2 Å². The maximum atomic E-state index is 13.2. The van der Waals surface area contributed by atoms with Crippen LogP contribution in [0.25, 0.3) is 21.5 Å². The number of esters is 1. The first kappa shape index (κ1) is 42.8. The predicted molar refractivity (Wildman–Crippen MR) is 229 cm³/mol. The van der Waals surface area contributed by atoms with E-state index in [0.717, 1.165) is 90.5 Å². The van der Waals surface area contributed by atoms with Crippen LogP contribution in [0.5, 0.6) is 0 Å². The van der Waals surface area contributed by atoms with Crippen LogP contribution in [0, 0.1) is 0 Å². The Morgan fingerprint density at radius 2 is 1.02 bits per heavy atom. The van der Waals surface area contributed by atoms with Crippen LogP contribution >= 0.6 is 0 Å². The van der Waals surface area contributed by atoms with Crippen molar-refractivity contribution in [2.24, 2.45) is 0 Å². The van der Waals surface area contributed by atoms with Gasteiger partial charge >= 0.3 is 5.97 Å². The van der Waals surface area contributed by atoms with E-state index in [2.05, 4.69) is 21.3 Å². The molecule has 302 valence electrons. The van der Waals surface area contributed by atoms with Gasteiger partial charge in [0.1, 0.15) is 6.54 Å². The van der Waals surface area contributed by atoms with Crippen molar-refractivity contribution in [2.75, 3.05) is 32.8 Å².